The molecule has 0 unspecified atom stereocenters. The molecule has 8 heteroatoms. The number of carbonyl (C=O) groups is 1. The lowest BCUT2D eigenvalue weighted by Crippen LogP contribution is -2.33. The minimum absolute atomic E-state index is 0.207. The van der Waals surface area contributed by atoms with Crippen molar-refractivity contribution in [1.29, 1.82) is 0 Å². The maximum Gasteiger partial charge on any atom is 0.250 e. The summed E-state index contributed by atoms with van der Waals surface area (Å²) in [6.45, 7) is 1.94. The van der Waals surface area contributed by atoms with Gasteiger partial charge in [-0.25, -0.2) is 0 Å². The number of hydrogen-bond acceptors (Lipinski definition) is 3. The number of furan rings is 1. The van der Waals surface area contributed by atoms with Gasteiger partial charge in [0.2, 0.25) is 5.91 Å². The Labute approximate surface area is 192 Å². The Morgan fingerprint density at radius 3 is 2.52 bits per heavy atom. The molecule has 0 aliphatic heterocycles. The van der Waals surface area contributed by atoms with Gasteiger partial charge < -0.3 is 9.73 Å². The maximum atomic E-state index is 12.1. The molecular formula is C21H15BrCl2N2O2S. The summed E-state index contributed by atoms with van der Waals surface area (Å²) in [7, 11) is 0. The molecule has 0 saturated heterocycles. The van der Waals surface area contributed by atoms with Gasteiger partial charge >= 0.3 is 0 Å². The molecule has 2 N–H and O–H groups in total. The Kier molecular flexibility index (Phi) is 7.14. The second-order valence-corrected chi connectivity index (χ2v) is 8.29. The van der Waals surface area contributed by atoms with E-state index in [4.69, 9.17) is 39.8 Å². The average molecular weight is 510 g/mol. The molecule has 148 valence electrons. The summed E-state index contributed by atoms with van der Waals surface area (Å²) in [6, 6.07) is 14.4. The lowest BCUT2D eigenvalue weighted by atomic mass is 10.2. The predicted octanol–water partition coefficient (Wildman–Crippen LogP) is 6.85. The Bertz CT molecular complexity index is 1090. The van der Waals surface area contributed by atoms with Crippen LogP contribution in [-0.2, 0) is 4.79 Å². The van der Waals surface area contributed by atoms with E-state index in [1.165, 1.54) is 6.08 Å². The van der Waals surface area contributed by atoms with Crippen LogP contribution in [-0.4, -0.2) is 11.0 Å². The number of rotatable bonds is 4. The molecule has 0 aliphatic carbocycles. The van der Waals surface area contributed by atoms with Gasteiger partial charge in [0.25, 0.3) is 0 Å². The highest BCUT2D eigenvalue weighted by atomic mass is 79.9. The van der Waals surface area contributed by atoms with Crippen molar-refractivity contribution < 1.29 is 9.21 Å². The molecule has 0 bridgehead atoms. The zero-order valence-corrected chi connectivity index (χ0v) is 19.0. The second kappa shape index (κ2) is 9.59. The van der Waals surface area contributed by atoms with Crippen molar-refractivity contribution >= 4 is 74.1 Å². The summed E-state index contributed by atoms with van der Waals surface area (Å²) in [4.78, 5) is 12.1. The van der Waals surface area contributed by atoms with Crippen LogP contribution in [0.2, 0.25) is 10.0 Å². The third kappa shape index (κ3) is 6.18. The topological polar surface area (TPSA) is 54.3 Å². The molecule has 3 rings (SSSR count). The molecule has 4 nitrogen and oxygen atoms in total. The summed E-state index contributed by atoms with van der Waals surface area (Å²) in [5.74, 6) is 0.729. The highest BCUT2D eigenvalue weighted by Crippen LogP contribution is 2.29. The van der Waals surface area contributed by atoms with E-state index in [1.54, 1.807) is 36.4 Å². The SMILES string of the molecule is Cc1cc(Br)ccc1NC(=S)NC(=O)/C=C/c1ccc(-c2cc(Cl)cc(Cl)c2)o1. The Morgan fingerprint density at radius 1 is 1.10 bits per heavy atom. The monoisotopic (exact) mass is 508 g/mol. The van der Waals surface area contributed by atoms with Gasteiger partial charge in [0.05, 0.1) is 0 Å². The first kappa shape index (κ1) is 21.6. The fourth-order valence-corrected chi connectivity index (χ4v) is 3.74. The largest absolute Gasteiger partial charge is 0.457 e. The number of benzene rings is 2. The number of halogens is 3. The summed E-state index contributed by atoms with van der Waals surface area (Å²) in [6.07, 6.45) is 2.90. The van der Waals surface area contributed by atoms with Gasteiger partial charge in [-0.1, -0.05) is 39.1 Å². The number of thiocarbonyl (C=S) groups is 1. The van der Waals surface area contributed by atoms with E-state index in [2.05, 4.69) is 26.6 Å². The number of anilines is 1. The van der Waals surface area contributed by atoms with Crippen molar-refractivity contribution in [3.05, 3.63) is 80.4 Å². The third-order valence-electron chi connectivity index (χ3n) is 3.85. The lowest BCUT2D eigenvalue weighted by molar-refractivity contribution is -0.115. The Morgan fingerprint density at radius 2 is 1.83 bits per heavy atom. The zero-order valence-electron chi connectivity index (χ0n) is 15.1. The molecular weight excluding hydrogens is 495 g/mol. The van der Waals surface area contributed by atoms with E-state index < -0.39 is 0 Å². The molecule has 29 heavy (non-hydrogen) atoms. The quantitative estimate of drug-likeness (QED) is 0.298. The van der Waals surface area contributed by atoms with Crippen LogP contribution in [0.3, 0.4) is 0 Å². The van der Waals surface area contributed by atoms with Crippen molar-refractivity contribution in [1.82, 2.24) is 5.32 Å². The van der Waals surface area contributed by atoms with Gasteiger partial charge in [0.1, 0.15) is 11.5 Å². The van der Waals surface area contributed by atoms with E-state index >= 15 is 0 Å². The van der Waals surface area contributed by atoms with Crippen LogP contribution in [0.15, 0.2) is 63.5 Å². The maximum absolute atomic E-state index is 12.1. The fourth-order valence-electron chi connectivity index (χ4n) is 2.53. The van der Waals surface area contributed by atoms with Crippen molar-refractivity contribution in [3.63, 3.8) is 0 Å². The van der Waals surface area contributed by atoms with Crippen molar-refractivity contribution in [3.8, 4) is 11.3 Å². The zero-order chi connectivity index (χ0) is 21.0. The van der Waals surface area contributed by atoms with Crippen molar-refractivity contribution in [2.24, 2.45) is 0 Å². The Hall–Kier alpha value is -2.12. The van der Waals surface area contributed by atoms with Crippen LogP contribution in [0.1, 0.15) is 11.3 Å². The molecule has 0 saturated carbocycles. The second-order valence-electron chi connectivity index (χ2n) is 6.10. The number of carbonyl (C=O) groups excluding carboxylic acids is 1. The first-order valence-corrected chi connectivity index (χ1v) is 10.4. The number of hydrogen-bond donors (Lipinski definition) is 2. The molecule has 3 aromatic rings. The molecule has 0 aliphatic rings. The number of aryl methyl sites for hydroxylation is 1. The number of nitrogens with one attached hydrogen (secondary N) is 2. The highest BCUT2D eigenvalue weighted by Gasteiger charge is 2.07. The summed E-state index contributed by atoms with van der Waals surface area (Å²) in [5, 5.41) is 6.84. The Balaban J connectivity index is 1.60. The van der Waals surface area contributed by atoms with Crippen LogP contribution in [0.25, 0.3) is 17.4 Å². The van der Waals surface area contributed by atoms with Gasteiger partial charge in [-0.2, -0.15) is 0 Å². The summed E-state index contributed by atoms with van der Waals surface area (Å²) < 4.78 is 6.69. The van der Waals surface area contributed by atoms with Crippen LogP contribution in [0, 0.1) is 6.92 Å². The highest BCUT2D eigenvalue weighted by molar-refractivity contribution is 9.10. The van der Waals surface area contributed by atoms with Crippen molar-refractivity contribution in [2.45, 2.75) is 6.92 Å². The lowest BCUT2D eigenvalue weighted by Gasteiger charge is -2.10. The van der Waals surface area contributed by atoms with E-state index in [-0.39, 0.29) is 11.0 Å². The molecule has 1 heterocycles. The van der Waals surface area contributed by atoms with Gasteiger partial charge in [0.15, 0.2) is 5.11 Å². The predicted molar refractivity (Wildman–Crippen MR) is 126 cm³/mol. The first-order chi connectivity index (χ1) is 13.8. The molecule has 2 aromatic carbocycles. The summed E-state index contributed by atoms with van der Waals surface area (Å²) in [5.41, 5.74) is 2.57. The standard InChI is InChI=1S/C21H15BrCl2N2O2S/c1-12-8-14(22)2-5-18(12)25-21(29)26-20(27)7-4-17-3-6-19(28-17)13-9-15(23)11-16(24)10-13/h2-11H,1H3,(H2,25,26,27,29)/b7-4+. The van der Waals surface area contributed by atoms with Crippen LogP contribution in [0.4, 0.5) is 5.69 Å². The molecule has 0 radical (unpaired) electrons. The van der Waals surface area contributed by atoms with E-state index in [1.807, 2.05) is 25.1 Å². The van der Waals surface area contributed by atoms with Gasteiger partial charge in [0, 0.05) is 31.8 Å². The molecule has 1 amide bonds. The van der Waals surface area contributed by atoms with Crippen LogP contribution < -0.4 is 10.6 Å². The molecule has 0 fully saturated rings. The van der Waals surface area contributed by atoms with Crippen LogP contribution >= 0.6 is 51.3 Å². The van der Waals surface area contributed by atoms with E-state index in [0.29, 0.717) is 21.6 Å². The average Bonchev–Trinajstić information content (AvgIpc) is 3.11. The first-order valence-electron chi connectivity index (χ1n) is 8.42. The van der Waals surface area contributed by atoms with E-state index in [9.17, 15) is 4.79 Å². The molecule has 0 spiro atoms. The van der Waals surface area contributed by atoms with Crippen LogP contribution in [0.5, 0.6) is 0 Å². The molecule has 1 aromatic heterocycles. The van der Waals surface area contributed by atoms with Gasteiger partial charge in [-0.3, -0.25) is 10.1 Å². The van der Waals surface area contributed by atoms with Gasteiger partial charge in [-0.15, -0.1) is 0 Å². The molecule has 0 atom stereocenters. The minimum Gasteiger partial charge on any atom is -0.457 e. The van der Waals surface area contributed by atoms with Gasteiger partial charge in [-0.05, 0) is 79.3 Å². The fraction of sp³-hybridized carbons (Fsp3) is 0.0476. The van der Waals surface area contributed by atoms with E-state index in [0.717, 1.165) is 21.3 Å². The number of amides is 1. The van der Waals surface area contributed by atoms with Crippen molar-refractivity contribution in [2.75, 3.05) is 5.32 Å². The smallest absolute Gasteiger partial charge is 0.250 e. The third-order valence-corrected chi connectivity index (χ3v) is 4.98. The summed E-state index contributed by atoms with van der Waals surface area (Å²) >= 11 is 20.6. The minimum atomic E-state index is -0.374. The normalized spacial score (nSPS) is 10.9.